The topological polar surface area (TPSA) is 130 Å². The number of hydrogen-bond donors (Lipinski definition) is 2. The van der Waals surface area contributed by atoms with Crippen LogP contribution in [0, 0.1) is 23.1 Å². The van der Waals surface area contributed by atoms with Crippen molar-refractivity contribution in [2.24, 2.45) is 11.7 Å². The van der Waals surface area contributed by atoms with E-state index in [1.165, 1.54) is 12.3 Å². The average Bonchev–Trinajstić information content (AvgIpc) is 3.49. The molecule has 232 valence electrons. The molecule has 1 unspecified atom stereocenters. The number of benzene rings is 1. The Balaban J connectivity index is 0.000000241. The van der Waals surface area contributed by atoms with Crippen LogP contribution in [0.4, 0.5) is 18.9 Å². The number of nitriles is 1. The number of aromatic nitrogens is 3. The van der Waals surface area contributed by atoms with Gasteiger partial charge in [0.15, 0.2) is 5.82 Å². The van der Waals surface area contributed by atoms with E-state index in [9.17, 15) is 22.2 Å². The van der Waals surface area contributed by atoms with Gasteiger partial charge in [-0.2, -0.15) is 10.4 Å². The molecule has 0 spiro atoms. The monoisotopic (exact) mass is 617 g/mol. The third kappa shape index (κ3) is 10.5. The lowest BCUT2D eigenvalue weighted by molar-refractivity contribution is -0.129. The Kier molecular flexibility index (Phi) is 12.7. The molecule has 5 rings (SSSR count). The summed E-state index contributed by atoms with van der Waals surface area (Å²) >= 11 is 0. The van der Waals surface area contributed by atoms with Gasteiger partial charge in [0.2, 0.25) is 11.8 Å². The van der Waals surface area contributed by atoms with Gasteiger partial charge in [0.25, 0.3) is 0 Å². The molecule has 43 heavy (non-hydrogen) atoms. The highest BCUT2D eigenvalue weighted by atomic mass is 32.2. The van der Waals surface area contributed by atoms with Crippen LogP contribution >= 0.6 is 0 Å². The summed E-state index contributed by atoms with van der Waals surface area (Å²) in [4.78, 5) is 17.8. The van der Waals surface area contributed by atoms with Crippen LogP contribution in [-0.2, 0) is 15.6 Å². The lowest BCUT2D eigenvalue weighted by atomic mass is 9.86. The van der Waals surface area contributed by atoms with E-state index in [-0.39, 0.29) is 43.3 Å². The number of anilines is 1. The van der Waals surface area contributed by atoms with Gasteiger partial charge in [0.05, 0.1) is 18.5 Å². The minimum Gasteiger partial charge on any atom is -0.370 e. The number of halogens is 3. The molecular weight excluding hydrogens is 579 g/mol. The summed E-state index contributed by atoms with van der Waals surface area (Å²) in [5.41, 5.74) is 8.02. The Morgan fingerprint density at radius 2 is 1.77 bits per heavy atom. The predicted molar refractivity (Wildman–Crippen MR) is 162 cm³/mol. The summed E-state index contributed by atoms with van der Waals surface area (Å²) in [6, 6.07) is 12.5. The fourth-order valence-electron chi connectivity index (χ4n) is 4.53. The van der Waals surface area contributed by atoms with Crippen molar-refractivity contribution >= 4 is 22.4 Å². The van der Waals surface area contributed by atoms with Crippen LogP contribution in [0.25, 0.3) is 16.9 Å². The van der Waals surface area contributed by atoms with E-state index in [0.29, 0.717) is 5.82 Å². The molecule has 0 bridgehead atoms. The summed E-state index contributed by atoms with van der Waals surface area (Å²) in [6.45, 7) is 5.88. The van der Waals surface area contributed by atoms with Crippen molar-refractivity contribution in [3.8, 4) is 23.0 Å². The second-order valence-corrected chi connectivity index (χ2v) is 12.0. The van der Waals surface area contributed by atoms with Gasteiger partial charge < -0.3 is 16.0 Å². The fraction of sp³-hybridized carbons (Fsp3) is 0.467. The van der Waals surface area contributed by atoms with Gasteiger partial charge in [-0.3, -0.25) is 9.00 Å². The number of amides is 1. The SMILES string of the molecule is CC(C#N)NC(=O)C1CCC(F)(F)CC1.CCN.O=S1CCN(c2ccc(-c3cnn(-c4ccc(F)cn4)c3)cc2)CC1. The van der Waals surface area contributed by atoms with Crippen LogP contribution in [0.15, 0.2) is 55.0 Å². The number of carbonyl (C=O) groups is 1. The molecule has 2 aliphatic rings. The minimum atomic E-state index is -2.61. The number of hydrogen-bond acceptors (Lipinski definition) is 7. The van der Waals surface area contributed by atoms with Crippen molar-refractivity contribution in [1.29, 1.82) is 5.26 Å². The first-order chi connectivity index (χ1) is 20.5. The highest BCUT2D eigenvalue weighted by Crippen LogP contribution is 2.36. The second kappa shape index (κ2) is 16.2. The van der Waals surface area contributed by atoms with Gasteiger partial charge in [-0.15, -0.1) is 0 Å². The maximum Gasteiger partial charge on any atom is 0.248 e. The molecule has 0 radical (unpaired) electrons. The smallest absolute Gasteiger partial charge is 0.248 e. The molecule has 1 atom stereocenters. The average molecular weight is 618 g/mol. The Hall–Kier alpha value is -3.76. The first-order valence-corrected chi connectivity index (χ1v) is 15.7. The summed E-state index contributed by atoms with van der Waals surface area (Å²) < 4.78 is 51.6. The van der Waals surface area contributed by atoms with Gasteiger partial charge in [-0.1, -0.05) is 19.1 Å². The van der Waals surface area contributed by atoms with Crippen molar-refractivity contribution in [3.05, 3.63) is 60.8 Å². The normalized spacial score (nSPS) is 17.4. The lowest BCUT2D eigenvalue weighted by Gasteiger charge is -2.28. The first-order valence-electron chi connectivity index (χ1n) is 14.2. The number of rotatable bonds is 5. The maximum absolute atomic E-state index is 13.0. The molecular formula is C30H38F3N7O2S. The van der Waals surface area contributed by atoms with Crippen LogP contribution in [-0.4, -0.2) is 68.0 Å². The molecule has 1 amide bonds. The van der Waals surface area contributed by atoms with E-state index in [1.54, 1.807) is 23.9 Å². The standard InChI is InChI=1S/C18H17FN4OS.C10H14F2N2O.C2H7N/c19-16-3-6-18(20-12-16)23-13-15(11-21-23)14-1-4-17(5-2-14)22-7-9-25(24)10-8-22;1-7(6-13)14-9(15)8-2-4-10(11,12)5-3-8;1-2-3/h1-6,11-13H,7-10H2;7-8H,2-5H2,1H3,(H,14,15);2-3H2,1H3. The number of carbonyl (C=O) groups excluding carboxylic acids is 1. The zero-order valence-corrected chi connectivity index (χ0v) is 25.2. The molecule has 2 aromatic heterocycles. The van der Waals surface area contributed by atoms with Crippen molar-refractivity contribution in [2.45, 2.75) is 51.5 Å². The molecule has 3 N–H and O–H groups in total. The van der Waals surface area contributed by atoms with Gasteiger partial charge in [0.1, 0.15) is 11.9 Å². The molecule has 1 aliphatic carbocycles. The molecule has 3 heterocycles. The third-order valence-corrected chi connectivity index (χ3v) is 8.19. The predicted octanol–water partition coefficient (Wildman–Crippen LogP) is 4.45. The Morgan fingerprint density at radius 3 is 2.33 bits per heavy atom. The van der Waals surface area contributed by atoms with E-state index < -0.39 is 22.8 Å². The van der Waals surface area contributed by atoms with Crippen LogP contribution in [0.3, 0.4) is 0 Å². The Morgan fingerprint density at radius 1 is 1.14 bits per heavy atom. The van der Waals surface area contributed by atoms with Gasteiger partial charge in [-0.05, 0) is 56.1 Å². The number of nitrogens with two attached hydrogens (primary N) is 1. The number of nitrogens with one attached hydrogen (secondary N) is 1. The largest absolute Gasteiger partial charge is 0.370 e. The zero-order chi connectivity index (χ0) is 31.4. The zero-order valence-electron chi connectivity index (χ0n) is 24.4. The summed E-state index contributed by atoms with van der Waals surface area (Å²) in [5, 5.41) is 15.3. The van der Waals surface area contributed by atoms with Crippen LogP contribution in [0.2, 0.25) is 0 Å². The summed E-state index contributed by atoms with van der Waals surface area (Å²) in [5.74, 6) is -1.57. The van der Waals surface area contributed by atoms with E-state index in [2.05, 4.69) is 44.6 Å². The minimum absolute atomic E-state index is 0.205. The van der Waals surface area contributed by atoms with Crippen LogP contribution in [0.5, 0.6) is 0 Å². The molecule has 1 aromatic carbocycles. The van der Waals surface area contributed by atoms with Gasteiger partial charge >= 0.3 is 0 Å². The van der Waals surface area contributed by atoms with E-state index in [1.807, 2.05) is 19.2 Å². The Bertz CT molecular complexity index is 1360. The molecule has 13 heteroatoms. The van der Waals surface area contributed by atoms with Crippen molar-refractivity contribution in [2.75, 3.05) is 36.0 Å². The molecule has 1 saturated heterocycles. The van der Waals surface area contributed by atoms with E-state index in [4.69, 9.17) is 11.0 Å². The first kappa shape index (κ1) is 33.7. The number of nitrogens with zero attached hydrogens (tertiary/aromatic N) is 5. The van der Waals surface area contributed by atoms with Crippen molar-refractivity contribution < 1.29 is 22.2 Å². The summed E-state index contributed by atoms with van der Waals surface area (Å²) in [7, 11) is -0.668. The third-order valence-electron chi connectivity index (χ3n) is 6.91. The highest BCUT2D eigenvalue weighted by molar-refractivity contribution is 7.85. The highest BCUT2D eigenvalue weighted by Gasteiger charge is 2.37. The number of pyridine rings is 1. The molecule has 3 aromatic rings. The van der Waals surface area contributed by atoms with Crippen LogP contribution in [0.1, 0.15) is 39.5 Å². The quantitative estimate of drug-likeness (QED) is 0.433. The van der Waals surface area contributed by atoms with Crippen LogP contribution < -0.4 is 16.0 Å². The molecule has 9 nitrogen and oxygen atoms in total. The lowest BCUT2D eigenvalue weighted by Crippen LogP contribution is -2.39. The second-order valence-electron chi connectivity index (χ2n) is 10.3. The molecule has 2 fully saturated rings. The van der Waals surface area contributed by atoms with Crippen molar-refractivity contribution in [1.82, 2.24) is 20.1 Å². The molecule has 1 saturated carbocycles. The van der Waals surface area contributed by atoms with E-state index >= 15 is 0 Å². The maximum atomic E-state index is 13.0. The molecule has 1 aliphatic heterocycles. The number of alkyl halides is 2. The fourth-order valence-corrected chi connectivity index (χ4v) is 5.58. The van der Waals surface area contributed by atoms with Crippen molar-refractivity contribution in [3.63, 3.8) is 0 Å². The Labute approximate surface area is 252 Å². The van der Waals surface area contributed by atoms with Gasteiger partial charge in [0, 0.05) is 71.6 Å². The van der Waals surface area contributed by atoms with Gasteiger partial charge in [-0.25, -0.2) is 22.8 Å². The van der Waals surface area contributed by atoms with E-state index in [0.717, 1.165) is 48.0 Å². The summed E-state index contributed by atoms with van der Waals surface area (Å²) in [6.07, 6.45) is 4.77.